The zero-order valence-corrected chi connectivity index (χ0v) is 8.46. The predicted molar refractivity (Wildman–Crippen MR) is 60.6 cm³/mol. The number of rotatable bonds is 2. The molecule has 1 aromatic heterocycles. The summed E-state index contributed by atoms with van der Waals surface area (Å²) < 4.78 is 1.39. The summed E-state index contributed by atoms with van der Waals surface area (Å²) in [5.41, 5.74) is 5.88. The maximum Gasteiger partial charge on any atom is 0.255 e. The summed E-state index contributed by atoms with van der Waals surface area (Å²) in [6.45, 7) is 0. The maximum atomic E-state index is 11.6. The zero-order valence-electron chi connectivity index (χ0n) is 8.46. The smallest absolute Gasteiger partial charge is 0.255 e. The molecule has 80 valence electrons. The lowest BCUT2D eigenvalue weighted by Gasteiger charge is -2.08. The number of nitrogens with two attached hydrogens (primary N) is 1. The van der Waals surface area contributed by atoms with Gasteiger partial charge in [-0.25, -0.2) is 0 Å². The third-order valence-corrected chi connectivity index (χ3v) is 2.25. The SMILES string of the molecule is NC(=O)c1ccccc1-n1ccccc1=O. The standard InChI is InChI=1S/C12H10N2O2/c13-12(16)9-5-1-2-6-10(9)14-8-4-3-7-11(14)15/h1-8H,(H2,13,16). The van der Waals surface area contributed by atoms with E-state index in [9.17, 15) is 9.59 Å². The molecule has 2 aromatic rings. The van der Waals surface area contributed by atoms with Crippen LogP contribution in [0.3, 0.4) is 0 Å². The molecule has 4 nitrogen and oxygen atoms in total. The molecule has 2 rings (SSSR count). The quantitative estimate of drug-likeness (QED) is 0.808. The van der Waals surface area contributed by atoms with Crippen molar-refractivity contribution in [1.29, 1.82) is 0 Å². The molecular weight excluding hydrogens is 204 g/mol. The number of aromatic nitrogens is 1. The van der Waals surface area contributed by atoms with Crippen LogP contribution in [-0.2, 0) is 0 Å². The highest BCUT2D eigenvalue weighted by Crippen LogP contribution is 2.11. The number of nitrogens with zero attached hydrogens (tertiary/aromatic N) is 1. The van der Waals surface area contributed by atoms with Gasteiger partial charge in [0.1, 0.15) is 0 Å². The summed E-state index contributed by atoms with van der Waals surface area (Å²) in [4.78, 5) is 22.8. The van der Waals surface area contributed by atoms with Crippen molar-refractivity contribution in [3.05, 3.63) is 64.6 Å². The van der Waals surface area contributed by atoms with Gasteiger partial charge in [0, 0.05) is 12.3 Å². The molecular formula is C12H10N2O2. The minimum absolute atomic E-state index is 0.198. The topological polar surface area (TPSA) is 65.1 Å². The highest BCUT2D eigenvalue weighted by atomic mass is 16.1. The maximum absolute atomic E-state index is 11.6. The van der Waals surface area contributed by atoms with E-state index in [0.717, 1.165) is 0 Å². The molecule has 1 aromatic carbocycles. The summed E-state index contributed by atoms with van der Waals surface area (Å²) in [6, 6.07) is 11.5. The van der Waals surface area contributed by atoms with Crippen LogP contribution >= 0.6 is 0 Å². The Balaban J connectivity index is 2.70. The van der Waals surface area contributed by atoms with Gasteiger partial charge in [0.15, 0.2) is 0 Å². The van der Waals surface area contributed by atoms with Gasteiger partial charge in [0.25, 0.3) is 11.5 Å². The van der Waals surface area contributed by atoms with Gasteiger partial charge in [0.2, 0.25) is 0 Å². The van der Waals surface area contributed by atoms with Gasteiger partial charge < -0.3 is 5.73 Å². The lowest BCUT2D eigenvalue weighted by atomic mass is 10.1. The molecule has 0 radical (unpaired) electrons. The van der Waals surface area contributed by atoms with Gasteiger partial charge in [-0.3, -0.25) is 14.2 Å². The normalized spacial score (nSPS) is 10.0. The van der Waals surface area contributed by atoms with Gasteiger partial charge in [-0.05, 0) is 18.2 Å². The molecule has 0 unspecified atom stereocenters. The molecule has 1 heterocycles. The van der Waals surface area contributed by atoms with Crippen LogP contribution in [0.2, 0.25) is 0 Å². The zero-order chi connectivity index (χ0) is 11.5. The number of amides is 1. The second kappa shape index (κ2) is 4.02. The summed E-state index contributed by atoms with van der Waals surface area (Å²) in [6.07, 6.45) is 1.60. The lowest BCUT2D eigenvalue weighted by molar-refractivity contribution is 0.100. The van der Waals surface area contributed by atoms with E-state index in [1.807, 2.05) is 0 Å². The van der Waals surface area contributed by atoms with E-state index in [1.54, 1.807) is 42.6 Å². The number of para-hydroxylation sites is 1. The summed E-state index contributed by atoms with van der Waals surface area (Å²) in [7, 11) is 0. The molecule has 4 heteroatoms. The first-order valence-electron chi connectivity index (χ1n) is 4.77. The number of primary amides is 1. The molecule has 0 atom stereocenters. The first-order valence-corrected chi connectivity index (χ1v) is 4.77. The minimum Gasteiger partial charge on any atom is -0.366 e. The van der Waals surface area contributed by atoms with E-state index in [-0.39, 0.29) is 5.56 Å². The van der Waals surface area contributed by atoms with E-state index in [0.29, 0.717) is 11.3 Å². The number of pyridine rings is 1. The van der Waals surface area contributed by atoms with Crippen LogP contribution < -0.4 is 11.3 Å². The van der Waals surface area contributed by atoms with Crippen LogP contribution in [0.1, 0.15) is 10.4 Å². The van der Waals surface area contributed by atoms with Crippen LogP contribution in [0.5, 0.6) is 0 Å². The highest BCUT2D eigenvalue weighted by Gasteiger charge is 2.08. The first-order chi connectivity index (χ1) is 7.70. The summed E-state index contributed by atoms with van der Waals surface area (Å²) in [5, 5.41) is 0. The molecule has 0 bridgehead atoms. The molecule has 0 aliphatic heterocycles. The van der Waals surface area contributed by atoms with E-state index in [2.05, 4.69) is 0 Å². The van der Waals surface area contributed by atoms with Crippen molar-refractivity contribution in [1.82, 2.24) is 4.57 Å². The van der Waals surface area contributed by atoms with E-state index in [4.69, 9.17) is 5.73 Å². The Morgan fingerprint density at radius 2 is 1.75 bits per heavy atom. The van der Waals surface area contributed by atoms with Crippen molar-refractivity contribution < 1.29 is 4.79 Å². The molecule has 2 N–H and O–H groups in total. The molecule has 0 saturated heterocycles. The lowest BCUT2D eigenvalue weighted by Crippen LogP contribution is -2.21. The highest BCUT2D eigenvalue weighted by molar-refractivity contribution is 5.96. The molecule has 16 heavy (non-hydrogen) atoms. The molecule has 0 fully saturated rings. The van der Waals surface area contributed by atoms with E-state index in [1.165, 1.54) is 10.6 Å². The largest absolute Gasteiger partial charge is 0.366 e. The Labute approximate surface area is 91.9 Å². The molecule has 0 aliphatic carbocycles. The second-order valence-electron chi connectivity index (χ2n) is 3.29. The van der Waals surface area contributed by atoms with Crippen molar-refractivity contribution in [2.75, 3.05) is 0 Å². The fraction of sp³-hybridized carbons (Fsp3) is 0. The van der Waals surface area contributed by atoms with Crippen molar-refractivity contribution in [2.24, 2.45) is 5.73 Å². The monoisotopic (exact) mass is 214 g/mol. The Hall–Kier alpha value is -2.36. The second-order valence-corrected chi connectivity index (χ2v) is 3.29. The number of hydrogen-bond donors (Lipinski definition) is 1. The van der Waals surface area contributed by atoms with Crippen molar-refractivity contribution in [3.8, 4) is 5.69 Å². The van der Waals surface area contributed by atoms with Crippen LogP contribution in [0.4, 0.5) is 0 Å². The van der Waals surface area contributed by atoms with Crippen LogP contribution in [0, 0.1) is 0 Å². The average Bonchev–Trinajstić information content (AvgIpc) is 2.29. The van der Waals surface area contributed by atoms with Crippen molar-refractivity contribution >= 4 is 5.91 Å². The van der Waals surface area contributed by atoms with Crippen molar-refractivity contribution in [2.45, 2.75) is 0 Å². The van der Waals surface area contributed by atoms with E-state index >= 15 is 0 Å². The average molecular weight is 214 g/mol. The third kappa shape index (κ3) is 1.72. The summed E-state index contributed by atoms with van der Waals surface area (Å²) in [5.74, 6) is -0.550. The van der Waals surface area contributed by atoms with Gasteiger partial charge >= 0.3 is 0 Å². The van der Waals surface area contributed by atoms with Gasteiger partial charge in [0.05, 0.1) is 11.3 Å². The summed E-state index contributed by atoms with van der Waals surface area (Å²) >= 11 is 0. The number of benzene rings is 1. The van der Waals surface area contributed by atoms with Crippen LogP contribution in [0.25, 0.3) is 5.69 Å². The molecule has 0 aliphatic rings. The minimum atomic E-state index is -0.550. The molecule has 0 spiro atoms. The number of carbonyl (C=O) groups excluding carboxylic acids is 1. The van der Waals surface area contributed by atoms with Gasteiger partial charge in [-0.15, -0.1) is 0 Å². The molecule has 1 amide bonds. The Kier molecular flexibility index (Phi) is 2.55. The van der Waals surface area contributed by atoms with Gasteiger partial charge in [-0.1, -0.05) is 18.2 Å². The predicted octanol–water partition coefficient (Wildman–Crippen LogP) is 0.936. The fourth-order valence-electron chi connectivity index (χ4n) is 1.52. The van der Waals surface area contributed by atoms with Crippen LogP contribution in [-0.4, -0.2) is 10.5 Å². The third-order valence-electron chi connectivity index (χ3n) is 2.25. The Bertz CT molecular complexity index is 587. The Morgan fingerprint density at radius 1 is 1.06 bits per heavy atom. The number of hydrogen-bond acceptors (Lipinski definition) is 2. The number of carbonyl (C=O) groups is 1. The van der Waals surface area contributed by atoms with Crippen molar-refractivity contribution in [3.63, 3.8) is 0 Å². The first kappa shape index (κ1) is 10.2. The van der Waals surface area contributed by atoms with Crippen LogP contribution in [0.15, 0.2) is 53.5 Å². The van der Waals surface area contributed by atoms with Gasteiger partial charge in [-0.2, -0.15) is 0 Å². The van der Waals surface area contributed by atoms with E-state index < -0.39 is 5.91 Å². The Morgan fingerprint density at radius 3 is 2.44 bits per heavy atom. The molecule has 0 saturated carbocycles. The fourth-order valence-corrected chi connectivity index (χ4v) is 1.52.